The van der Waals surface area contributed by atoms with Gasteiger partial charge >= 0.3 is 6.09 Å². The highest BCUT2D eigenvalue weighted by Crippen LogP contribution is 2.40. The van der Waals surface area contributed by atoms with Crippen LogP contribution in [0.3, 0.4) is 0 Å². The van der Waals surface area contributed by atoms with Gasteiger partial charge in [-0.25, -0.2) is 9.78 Å². The quantitative estimate of drug-likeness (QED) is 0.0542. The van der Waals surface area contributed by atoms with Crippen molar-refractivity contribution in [3.8, 4) is 22.3 Å². The maximum atomic E-state index is 15.1. The van der Waals surface area contributed by atoms with Crippen LogP contribution in [0.25, 0.3) is 22.3 Å². The maximum absolute atomic E-state index is 15.1. The van der Waals surface area contributed by atoms with Crippen LogP contribution in [0.5, 0.6) is 0 Å². The molecular formula is C72H91N11O8. The molecule has 91 heavy (non-hydrogen) atoms. The van der Waals surface area contributed by atoms with Crippen molar-refractivity contribution in [1.82, 2.24) is 35.8 Å². The van der Waals surface area contributed by atoms with Gasteiger partial charge < -0.3 is 55.2 Å². The van der Waals surface area contributed by atoms with Gasteiger partial charge in [-0.2, -0.15) is 0 Å². The number of rotatable bonds is 18. The number of hydrogen-bond acceptors (Lipinski definition) is 12. The van der Waals surface area contributed by atoms with Crippen LogP contribution in [0, 0.1) is 52.4 Å². The summed E-state index contributed by atoms with van der Waals surface area (Å²) in [6.45, 7) is 25.3. The number of pyridine rings is 3. The number of hydrogen-bond donors (Lipinski definition) is 5. The van der Waals surface area contributed by atoms with Gasteiger partial charge in [0.2, 0.25) is 11.8 Å². The van der Waals surface area contributed by atoms with Crippen molar-refractivity contribution in [3.05, 3.63) is 156 Å². The largest absolute Gasteiger partial charge is 0.444 e. The zero-order valence-corrected chi connectivity index (χ0v) is 54.8. The molecule has 2 aliphatic heterocycles. The molecule has 5 amide bonds. The van der Waals surface area contributed by atoms with Crippen LogP contribution in [-0.4, -0.2) is 121 Å². The summed E-state index contributed by atoms with van der Waals surface area (Å²) in [5.74, 6) is -0.337. The maximum Gasteiger partial charge on any atom is 0.410 e. The second-order valence-corrected chi connectivity index (χ2v) is 26.3. The summed E-state index contributed by atoms with van der Waals surface area (Å²) in [5, 5.41) is 9.55. The van der Waals surface area contributed by atoms with Crippen LogP contribution in [0.4, 0.5) is 27.7 Å². The summed E-state index contributed by atoms with van der Waals surface area (Å²) in [5.41, 5.74) is 10.5. The highest BCUT2D eigenvalue weighted by molar-refractivity contribution is 6.04. The number of nitrogens with zero attached hydrogens (tertiary/aromatic N) is 6. The van der Waals surface area contributed by atoms with E-state index >= 15 is 4.79 Å². The number of H-pyrrole nitrogens is 2. The number of piperazine rings is 2. The molecule has 482 valence electrons. The molecule has 2 saturated carbocycles. The molecule has 2 unspecified atom stereocenters. The number of carbonyl (C=O) groups is 5. The van der Waals surface area contributed by atoms with Gasteiger partial charge in [-0.3, -0.25) is 28.8 Å². The number of carbonyl (C=O) groups excluding carboxylic acids is 5. The molecule has 6 aromatic rings. The fourth-order valence-electron chi connectivity index (χ4n) is 13.8. The fourth-order valence-corrected chi connectivity index (χ4v) is 13.8. The molecule has 4 aliphatic rings. The first-order chi connectivity index (χ1) is 43.6. The molecule has 4 fully saturated rings. The van der Waals surface area contributed by atoms with Crippen LogP contribution in [0.2, 0.25) is 0 Å². The lowest BCUT2D eigenvalue weighted by Crippen LogP contribution is -2.50. The summed E-state index contributed by atoms with van der Waals surface area (Å²) in [6.07, 6.45) is 7.60. The van der Waals surface area contributed by atoms with E-state index in [-0.39, 0.29) is 65.8 Å². The molecule has 0 spiro atoms. The Kier molecular flexibility index (Phi) is 20.3. The SMILES string of the molecule is CCN(C(=O)C1CCCC1)c1cc(-c2ccc(N3CCN(C(=O)OC(C)(C)C)CC3)nc2)cc(C(=O)NCc2c(CC3CCC(C(=O)N(CC)c4cc(-c5ccc(N6CCNCC6)cc5)cc(C(=O)NCc5c(C)cc(C)[nH]c5=O)c4C)C3)cc(C)[nH]c2=O)c1C. The lowest BCUT2D eigenvalue weighted by atomic mass is 9.93. The highest BCUT2D eigenvalue weighted by atomic mass is 16.6. The van der Waals surface area contributed by atoms with Crippen molar-refractivity contribution in [2.45, 2.75) is 139 Å². The summed E-state index contributed by atoms with van der Waals surface area (Å²) in [6, 6.07) is 23.8. The van der Waals surface area contributed by atoms with Gasteiger partial charge in [0.25, 0.3) is 22.9 Å². The van der Waals surface area contributed by atoms with E-state index in [1.54, 1.807) is 11.1 Å². The first-order valence-corrected chi connectivity index (χ1v) is 32.7. The van der Waals surface area contributed by atoms with Crippen molar-refractivity contribution in [3.63, 3.8) is 0 Å². The molecule has 19 nitrogen and oxygen atoms in total. The van der Waals surface area contributed by atoms with E-state index in [0.29, 0.717) is 115 Å². The van der Waals surface area contributed by atoms with Crippen LogP contribution in [0.15, 0.2) is 88.6 Å². The Morgan fingerprint density at radius 1 is 0.615 bits per heavy atom. The number of aryl methyl sites for hydroxylation is 3. The van der Waals surface area contributed by atoms with Gasteiger partial charge in [-0.05, 0) is 213 Å². The van der Waals surface area contributed by atoms with Gasteiger partial charge in [0.1, 0.15) is 11.4 Å². The van der Waals surface area contributed by atoms with Gasteiger partial charge in [0, 0.05) is 153 Å². The number of anilines is 4. The van der Waals surface area contributed by atoms with E-state index in [4.69, 9.17) is 9.72 Å². The standard InChI is InChI=1S/C72H91N11O8/c1-11-82(69(88)51-15-13-14-16-51)63-40-55(53-21-24-64(74-41-53)80-29-31-81(32-30-80)71(90)91-72(8,9)10)38-59(48(63)7)66(85)76-43-61-56(34-46(5)78-68(61)87)36-49-17-18-52(35-49)70(89)83(12-2)62-39-54(50-19-22-57(23-20-50)79-27-25-73-26-28-79)37-58(47(62)6)65(84)75-42-60-44(3)33-45(4)77-67(60)86/h19-24,33-34,37-41,49,51-52,73H,11-18,25-32,35-36,42-43H2,1-10H3,(H,75,84)(H,76,85)(H,77,86)(H,78,87). The smallest absolute Gasteiger partial charge is 0.410 e. The molecule has 5 heterocycles. The third-order valence-corrected chi connectivity index (χ3v) is 18.8. The van der Waals surface area contributed by atoms with Gasteiger partial charge in [0.15, 0.2) is 0 Å². The molecule has 0 radical (unpaired) electrons. The molecule has 3 aromatic carbocycles. The molecule has 2 aliphatic carbocycles. The minimum Gasteiger partial charge on any atom is -0.444 e. The Morgan fingerprint density at radius 2 is 1.16 bits per heavy atom. The second-order valence-electron chi connectivity index (χ2n) is 26.3. The Balaban J connectivity index is 0.870. The second kappa shape index (κ2) is 28.3. The fraction of sp³-hybridized carbons (Fsp3) is 0.472. The lowest BCUT2D eigenvalue weighted by Gasteiger charge is -2.36. The first-order valence-electron chi connectivity index (χ1n) is 32.7. The number of aromatic nitrogens is 3. The van der Waals surface area contributed by atoms with E-state index in [0.717, 1.165) is 103 Å². The zero-order chi connectivity index (χ0) is 64.8. The highest BCUT2D eigenvalue weighted by Gasteiger charge is 2.36. The van der Waals surface area contributed by atoms with E-state index in [9.17, 15) is 28.8 Å². The molecule has 3 aromatic heterocycles. The third-order valence-electron chi connectivity index (χ3n) is 18.8. The van der Waals surface area contributed by atoms with Gasteiger partial charge in [-0.15, -0.1) is 0 Å². The van der Waals surface area contributed by atoms with Crippen LogP contribution in [-0.2, 0) is 33.8 Å². The van der Waals surface area contributed by atoms with Crippen molar-refractivity contribution < 1.29 is 28.7 Å². The topological polar surface area (TPSA) is 225 Å². The molecule has 5 N–H and O–H groups in total. The number of ether oxygens (including phenoxy) is 1. The Morgan fingerprint density at radius 3 is 1.73 bits per heavy atom. The van der Waals surface area contributed by atoms with Crippen molar-refractivity contribution in [2.75, 3.05) is 85.0 Å². The predicted molar refractivity (Wildman–Crippen MR) is 359 cm³/mol. The normalized spacial score (nSPS) is 17.1. The minimum absolute atomic E-state index is 0.0331. The Bertz CT molecular complexity index is 3790. The minimum atomic E-state index is -0.585. The monoisotopic (exact) mass is 1240 g/mol. The van der Waals surface area contributed by atoms with Crippen LogP contribution < -0.4 is 46.7 Å². The van der Waals surface area contributed by atoms with Gasteiger partial charge in [0.05, 0.1) is 0 Å². The average molecular weight is 1240 g/mol. The molecular weight excluding hydrogens is 1150 g/mol. The summed E-state index contributed by atoms with van der Waals surface area (Å²) in [4.78, 5) is 119. The molecule has 0 bridgehead atoms. The molecule has 19 heteroatoms. The van der Waals surface area contributed by atoms with E-state index < -0.39 is 11.5 Å². The van der Waals surface area contributed by atoms with E-state index in [2.05, 4.69) is 60.0 Å². The van der Waals surface area contributed by atoms with E-state index in [1.807, 2.05) is 128 Å². The predicted octanol–water partition coefficient (Wildman–Crippen LogP) is 10.2. The van der Waals surface area contributed by atoms with E-state index in [1.165, 1.54) is 0 Å². The lowest BCUT2D eigenvalue weighted by molar-refractivity contribution is -0.123. The zero-order valence-electron chi connectivity index (χ0n) is 54.8. The summed E-state index contributed by atoms with van der Waals surface area (Å²) < 4.78 is 5.61. The van der Waals surface area contributed by atoms with Crippen LogP contribution >= 0.6 is 0 Å². The number of benzene rings is 3. The molecule has 2 atom stereocenters. The first kappa shape index (κ1) is 65.4. The number of nitrogens with one attached hydrogen (secondary N) is 5. The number of aromatic amines is 2. The number of amides is 5. The molecule has 10 rings (SSSR count). The van der Waals surface area contributed by atoms with Crippen molar-refractivity contribution in [2.24, 2.45) is 17.8 Å². The Hall–Kier alpha value is -8.58. The summed E-state index contributed by atoms with van der Waals surface area (Å²) >= 11 is 0. The summed E-state index contributed by atoms with van der Waals surface area (Å²) in [7, 11) is 0. The van der Waals surface area contributed by atoms with Crippen LogP contribution in [0.1, 0.15) is 145 Å². The van der Waals surface area contributed by atoms with Crippen molar-refractivity contribution >= 4 is 52.6 Å². The van der Waals surface area contributed by atoms with Crippen molar-refractivity contribution in [1.29, 1.82) is 0 Å². The molecule has 2 saturated heterocycles. The van der Waals surface area contributed by atoms with Gasteiger partial charge in [-0.1, -0.05) is 25.0 Å². The Labute approximate surface area is 534 Å². The average Bonchev–Trinajstić information content (AvgIpc) is 1.50. The third kappa shape index (κ3) is 15.1.